The predicted octanol–water partition coefficient (Wildman–Crippen LogP) is 2.19. The Hall–Kier alpha value is -1.55. The molecule has 1 aromatic carbocycles. The van der Waals surface area contributed by atoms with Crippen LogP contribution in [0.5, 0.6) is 5.75 Å². The van der Waals surface area contributed by atoms with Crippen LogP contribution in [0.3, 0.4) is 0 Å². The van der Waals surface area contributed by atoms with E-state index < -0.39 is 0 Å². The normalized spacial score (nSPS) is 26.1. The Balaban J connectivity index is 1.74. The third-order valence-electron chi connectivity index (χ3n) is 4.80. The number of methoxy groups -OCH3 is 1. The molecule has 1 unspecified atom stereocenters. The molecular weight excluding hydrogens is 264 g/mol. The smallest absolute Gasteiger partial charge is 0.230 e. The summed E-state index contributed by atoms with van der Waals surface area (Å²) in [7, 11) is 1.67. The quantitative estimate of drug-likeness (QED) is 0.927. The maximum Gasteiger partial charge on any atom is 0.230 e. The van der Waals surface area contributed by atoms with Gasteiger partial charge in [0.15, 0.2) is 0 Å². The van der Waals surface area contributed by atoms with Gasteiger partial charge in [-0.2, -0.15) is 0 Å². The number of hydrogen-bond donors (Lipinski definition) is 1. The highest BCUT2D eigenvalue weighted by Crippen LogP contribution is 2.37. The van der Waals surface area contributed by atoms with Gasteiger partial charge in [0.25, 0.3) is 0 Å². The number of nitrogens with one attached hydrogen (secondary N) is 1. The van der Waals surface area contributed by atoms with E-state index in [9.17, 15) is 4.79 Å². The van der Waals surface area contributed by atoms with Crippen LogP contribution in [0.1, 0.15) is 31.2 Å². The SMILES string of the molecule is COc1cccc(CN2CCCC3(CCCNC3)C2=O)c1. The van der Waals surface area contributed by atoms with E-state index in [1.165, 1.54) is 0 Å². The maximum absolute atomic E-state index is 12.9. The Morgan fingerprint density at radius 2 is 2.19 bits per heavy atom. The number of piperidine rings is 2. The molecule has 114 valence electrons. The number of amides is 1. The van der Waals surface area contributed by atoms with E-state index in [2.05, 4.69) is 11.4 Å². The minimum Gasteiger partial charge on any atom is -0.497 e. The van der Waals surface area contributed by atoms with Crippen LogP contribution in [0.15, 0.2) is 24.3 Å². The summed E-state index contributed by atoms with van der Waals surface area (Å²) in [6.07, 6.45) is 4.29. The summed E-state index contributed by atoms with van der Waals surface area (Å²) in [5.74, 6) is 1.19. The van der Waals surface area contributed by atoms with Crippen molar-refractivity contribution in [1.82, 2.24) is 10.2 Å². The van der Waals surface area contributed by atoms with Crippen molar-refractivity contribution in [2.24, 2.45) is 5.41 Å². The molecule has 0 aromatic heterocycles. The van der Waals surface area contributed by atoms with Gasteiger partial charge in [-0.1, -0.05) is 12.1 Å². The first kappa shape index (κ1) is 14.4. The summed E-state index contributed by atoms with van der Waals surface area (Å²) in [6, 6.07) is 8.01. The van der Waals surface area contributed by atoms with Gasteiger partial charge in [-0.05, 0) is 49.9 Å². The lowest BCUT2D eigenvalue weighted by molar-refractivity contribution is -0.148. The Morgan fingerprint density at radius 1 is 1.33 bits per heavy atom. The molecule has 2 aliphatic heterocycles. The Bertz CT molecular complexity index is 504. The highest BCUT2D eigenvalue weighted by atomic mass is 16.5. The van der Waals surface area contributed by atoms with Crippen molar-refractivity contribution >= 4 is 5.91 Å². The summed E-state index contributed by atoms with van der Waals surface area (Å²) < 4.78 is 5.27. The summed E-state index contributed by atoms with van der Waals surface area (Å²) in [4.78, 5) is 14.9. The molecule has 2 saturated heterocycles. The maximum atomic E-state index is 12.9. The van der Waals surface area contributed by atoms with Gasteiger partial charge >= 0.3 is 0 Å². The first-order valence-corrected chi connectivity index (χ1v) is 7.87. The predicted molar refractivity (Wildman–Crippen MR) is 82.2 cm³/mol. The van der Waals surface area contributed by atoms with Crippen molar-refractivity contribution in [2.45, 2.75) is 32.2 Å². The number of ether oxygens (including phenoxy) is 1. The highest BCUT2D eigenvalue weighted by Gasteiger charge is 2.44. The molecule has 1 spiro atoms. The monoisotopic (exact) mass is 288 g/mol. The third-order valence-corrected chi connectivity index (χ3v) is 4.80. The molecule has 0 aliphatic carbocycles. The lowest BCUT2D eigenvalue weighted by Crippen LogP contribution is -2.54. The van der Waals surface area contributed by atoms with Crippen molar-refractivity contribution in [3.63, 3.8) is 0 Å². The van der Waals surface area contributed by atoms with E-state index >= 15 is 0 Å². The van der Waals surface area contributed by atoms with Gasteiger partial charge in [0.2, 0.25) is 5.91 Å². The molecule has 1 atom stereocenters. The molecule has 2 heterocycles. The minimum atomic E-state index is -0.143. The van der Waals surface area contributed by atoms with Crippen LogP contribution in [-0.4, -0.2) is 37.6 Å². The largest absolute Gasteiger partial charge is 0.497 e. The number of carbonyl (C=O) groups excluding carboxylic acids is 1. The summed E-state index contributed by atoms with van der Waals surface area (Å²) in [5, 5.41) is 3.41. The summed E-state index contributed by atoms with van der Waals surface area (Å²) in [5.41, 5.74) is 0.999. The fourth-order valence-corrected chi connectivity index (χ4v) is 3.66. The first-order valence-electron chi connectivity index (χ1n) is 7.87. The van der Waals surface area contributed by atoms with Crippen molar-refractivity contribution in [3.8, 4) is 5.75 Å². The fraction of sp³-hybridized carbons (Fsp3) is 0.588. The van der Waals surface area contributed by atoms with Crippen LogP contribution in [0.4, 0.5) is 0 Å². The van der Waals surface area contributed by atoms with Gasteiger partial charge in [0.1, 0.15) is 5.75 Å². The number of hydrogen-bond acceptors (Lipinski definition) is 3. The van der Waals surface area contributed by atoms with E-state index in [0.717, 1.165) is 56.6 Å². The molecule has 21 heavy (non-hydrogen) atoms. The molecule has 1 aromatic rings. The van der Waals surface area contributed by atoms with Crippen molar-refractivity contribution in [1.29, 1.82) is 0 Å². The lowest BCUT2D eigenvalue weighted by atomic mass is 9.73. The zero-order valence-corrected chi connectivity index (χ0v) is 12.7. The molecule has 1 amide bonds. The fourth-order valence-electron chi connectivity index (χ4n) is 3.66. The van der Waals surface area contributed by atoms with Crippen LogP contribution in [0.2, 0.25) is 0 Å². The van der Waals surface area contributed by atoms with Crippen LogP contribution < -0.4 is 10.1 Å². The van der Waals surface area contributed by atoms with Gasteiger partial charge in [0, 0.05) is 19.6 Å². The van der Waals surface area contributed by atoms with Crippen molar-refractivity contribution in [2.75, 3.05) is 26.7 Å². The van der Waals surface area contributed by atoms with Gasteiger partial charge in [-0.3, -0.25) is 4.79 Å². The molecule has 0 saturated carbocycles. The topological polar surface area (TPSA) is 41.6 Å². The van der Waals surface area contributed by atoms with Crippen LogP contribution in [0, 0.1) is 5.41 Å². The third kappa shape index (κ3) is 2.91. The number of benzene rings is 1. The van der Waals surface area contributed by atoms with Gasteiger partial charge < -0.3 is 15.0 Å². The Labute approximate surface area is 126 Å². The molecule has 3 rings (SSSR count). The number of nitrogens with zero attached hydrogens (tertiary/aromatic N) is 1. The van der Waals surface area contributed by atoms with Gasteiger partial charge in [0.05, 0.1) is 12.5 Å². The van der Waals surface area contributed by atoms with Gasteiger partial charge in [-0.25, -0.2) is 0 Å². The van der Waals surface area contributed by atoms with E-state index in [0.29, 0.717) is 12.5 Å². The van der Waals surface area contributed by atoms with E-state index in [1.54, 1.807) is 7.11 Å². The average Bonchev–Trinajstić information content (AvgIpc) is 2.53. The second-order valence-electron chi connectivity index (χ2n) is 6.24. The molecule has 2 aliphatic rings. The number of likely N-dealkylation sites (tertiary alicyclic amines) is 1. The Morgan fingerprint density at radius 3 is 2.95 bits per heavy atom. The molecule has 0 bridgehead atoms. The van der Waals surface area contributed by atoms with Crippen LogP contribution >= 0.6 is 0 Å². The van der Waals surface area contributed by atoms with Crippen molar-refractivity contribution in [3.05, 3.63) is 29.8 Å². The lowest BCUT2D eigenvalue weighted by Gasteiger charge is -2.44. The number of carbonyl (C=O) groups is 1. The first-order chi connectivity index (χ1) is 10.2. The van der Waals surface area contributed by atoms with E-state index in [4.69, 9.17) is 4.74 Å². The standard InChI is InChI=1S/C17H24N2O2/c1-21-15-6-2-5-14(11-15)12-19-10-4-8-17(16(19)20)7-3-9-18-13-17/h2,5-6,11,18H,3-4,7-10,12-13H2,1H3. The second kappa shape index (κ2) is 6.06. The molecule has 1 N–H and O–H groups in total. The molecule has 0 radical (unpaired) electrons. The summed E-state index contributed by atoms with van der Waals surface area (Å²) in [6.45, 7) is 3.46. The highest BCUT2D eigenvalue weighted by molar-refractivity contribution is 5.84. The average molecular weight is 288 g/mol. The second-order valence-corrected chi connectivity index (χ2v) is 6.24. The van der Waals surface area contributed by atoms with E-state index in [-0.39, 0.29) is 5.41 Å². The molecule has 2 fully saturated rings. The minimum absolute atomic E-state index is 0.143. The summed E-state index contributed by atoms with van der Waals surface area (Å²) >= 11 is 0. The molecule has 4 nitrogen and oxygen atoms in total. The van der Waals surface area contributed by atoms with E-state index in [1.807, 2.05) is 23.1 Å². The molecular formula is C17H24N2O2. The van der Waals surface area contributed by atoms with Crippen LogP contribution in [0.25, 0.3) is 0 Å². The molecule has 4 heteroatoms. The van der Waals surface area contributed by atoms with Crippen LogP contribution in [-0.2, 0) is 11.3 Å². The Kier molecular flexibility index (Phi) is 4.15. The number of rotatable bonds is 3. The zero-order chi connectivity index (χ0) is 14.7. The zero-order valence-electron chi connectivity index (χ0n) is 12.7. The van der Waals surface area contributed by atoms with Gasteiger partial charge in [-0.15, -0.1) is 0 Å². The van der Waals surface area contributed by atoms with Crippen molar-refractivity contribution < 1.29 is 9.53 Å².